The third kappa shape index (κ3) is 25.0. The SMILES string of the molecule is CC(C)(C)c1ccccc1-c1cc(Cl)ccc1F.CC(C)(C)c1ccccc1-c1cc(F)c(F)c(F)c1.CC(C)(C)c1ccccc1-c1cc(F)cc(Cl)c1.CC(C)(C)c1ccccc1-c1ccc(F)c(Cl)c1.Cc1cc(C(C)C)ccc1-c1ccccc1C(C)(C)C.Cc1ccc(C(C)C)cc1-c1ccccc1C(C)(C)C. The van der Waals surface area contributed by atoms with Gasteiger partial charge in [0.05, 0.1) is 5.02 Å². The summed E-state index contributed by atoms with van der Waals surface area (Å²) in [6.45, 7) is 52.5. The summed E-state index contributed by atoms with van der Waals surface area (Å²) in [5.74, 6) is -3.54. The van der Waals surface area contributed by atoms with E-state index in [1.807, 2.05) is 93.6 Å². The molecule has 12 aromatic carbocycles. The highest BCUT2D eigenvalue weighted by Crippen LogP contribution is 2.42. The minimum atomic E-state index is -1.43. The van der Waals surface area contributed by atoms with E-state index < -0.39 is 17.5 Å². The van der Waals surface area contributed by atoms with Gasteiger partial charge in [-0.2, -0.15) is 0 Å². The molecule has 0 bridgehead atoms. The van der Waals surface area contributed by atoms with E-state index in [1.54, 1.807) is 42.5 Å². The molecule has 0 aliphatic carbocycles. The van der Waals surface area contributed by atoms with Crippen molar-refractivity contribution in [3.8, 4) is 66.8 Å². The monoisotopic (exact) mass is 1580 g/mol. The maximum atomic E-state index is 14.0. The van der Waals surface area contributed by atoms with Crippen LogP contribution in [0.1, 0.15) is 220 Å². The molecule has 0 nitrogen and oxygen atoms in total. The van der Waals surface area contributed by atoms with Gasteiger partial charge in [0, 0.05) is 15.6 Å². The Balaban J connectivity index is 0.000000188. The molecule has 12 aromatic rings. The van der Waals surface area contributed by atoms with E-state index in [4.69, 9.17) is 34.8 Å². The van der Waals surface area contributed by atoms with E-state index in [9.17, 15) is 26.3 Å². The molecule has 0 amide bonds. The quantitative estimate of drug-likeness (QED) is 0.105. The molecule has 0 aromatic heterocycles. The lowest BCUT2D eigenvalue weighted by molar-refractivity contribution is 0.447. The lowest BCUT2D eigenvalue weighted by atomic mass is 9.80. The summed E-state index contributed by atoms with van der Waals surface area (Å²) in [4.78, 5) is 0. The zero-order valence-electron chi connectivity index (χ0n) is 70.7. The Kier molecular flexibility index (Phi) is 31.1. The van der Waals surface area contributed by atoms with Crippen LogP contribution in [0.2, 0.25) is 15.1 Å². The van der Waals surface area contributed by atoms with Gasteiger partial charge in [0.1, 0.15) is 17.5 Å². The summed E-state index contributed by atoms with van der Waals surface area (Å²) in [5.41, 5.74) is 25.0. The van der Waals surface area contributed by atoms with Crippen LogP contribution in [0.4, 0.5) is 26.3 Å². The van der Waals surface area contributed by atoms with Crippen molar-refractivity contribution in [1.82, 2.24) is 0 Å². The van der Waals surface area contributed by atoms with E-state index in [2.05, 4.69) is 242 Å². The lowest BCUT2D eigenvalue weighted by Gasteiger charge is -2.24. The van der Waals surface area contributed by atoms with E-state index in [-0.39, 0.29) is 55.0 Å². The summed E-state index contributed by atoms with van der Waals surface area (Å²) < 4.78 is 80.3. The molecule has 0 atom stereocenters. The Labute approximate surface area is 688 Å². The Morgan fingerprint density at radius 2 is 0.575 bits per heavy atom. The molecular weight excluding hydrogens is 1470 g/mol. The van der Waals surface area contributed by atoms with Gasteiger partial charge in [-0.25, -0.2) is 26.3 Å². The van der Waals surface area contributed by atoms with E-state index in [1.165, 1.54) is 91.0 Å². The van der Waals surface area contributed by atoms with Crippen LogP contribution in [0.25, 0.3) is 66.8 Å². The van der Waals surface area contributed by atoms with Crippen molar-refractivity contribution >= 4 is 34.8 Å². The molecule has 0 aliphatic rings. The molecule has 0 radical (unpaired) electrons. The number of rotatable bonds is 8. The highest BCUT2D eigenvalue weighted by molar-refractivity contribution is 6.31. The van der Waals surface area contributed by atoms with Crippen LogP contribution in [0, 0.1) is 48.8 Å². The minimum absolute atomic E-state index is 0.00931. The van der Waals surface area contributed by atoms with Crippen molar-refractivity contribution in [1.29, 1.82) is 0 Å². The molecule has 12 rings (SSSR count). The normalized spacial score (nSPS) is 11.7. The smallest absolute Gasteiger partial charge is 0.194 e. The number of hydrogen-bond donors (Lipinski definition) is 0. The van der Waals surface area contributed by atoms with Gasteiger partial charge < -0.3 is 0 Å². The summed E-state index contributed by atoms with van der Waals surface area (Å²) in [6.07, 6.45) is 0. The van der Waals surface area contributed by atoms with Crippen LogP contribution in [0.15, 0.2) is 249 Å². The number of aryl methyl sites for hydroxylation is 2. The first-order chi connectivity index (χ1) is 52.6. The maximum Gasteiger partial charge on any atom is 0.194 e. The van der Waals surface area contributed by atoms with Gasteiger partial charge in [-0.15, -0.1) is 0 Å². The van der Waals surface area contributed by atoms with Crippen LogP contribution < -0.4 is 0 Å². The average Bonchev–Trinajstić information content (AvgIpc) is 0.818. The first kappa shape index (κ1) is 91.3. The van der Waals surface area contributed by atoms with Crippen LogP contribution in [-0.4, -0.2) is 0 Å². The van der Waals surface area contributed by atoms with Crippen molar-refractivity contribution in [2.45, 2.75) is 210 Å². The van der Waals surface area contributed by atoms with Gasteiger partial charge in [-0.1, -0.05) is 375 Å². The van der Waals surface area contributed by atoms with Crippen LogP contribution >= 0.6 is 34.8 Å². The predicted molar refractivity (Wildman–Crippen MR) is 476 cm³/mol. The van der Waals surface area contributed by atoms with E-state index in [0.29, 0.717) is 38.6 Å². The van der Waals surface area contributed by atoms with Gasteiger partial charge in [-0.05, 0) is 236 Å². The molecule has 0 spiro atoms. The summed E-state index contributed by atoms with van der Waals surface area (Å²) in [6, 6.07) is 79.0. The van der Waals surface area contributed by atoms with E-state index in [0.717, 1.165) is 51.1 Å². The Bertz CT molecular complexity index is 5150. The average molecular weight is 1590 g/mol. The summed E-state index contributed by atoms with van der Waals surface area (Å²) in [7, 11) is 0. The first-order valence-electron chi connectivity index (χ1n) is 38.9. The van der Waals surface area contributed by atoms with Crippen LogP contribution in [0.3, 0.4) is 0 Å². The minimum Gasteiger partial charge on any atom is -0.207 e. The molecule has 0 saturated heterocycles. The van der Waals surface area contributed by atoms with Crippen molar-refractivity contribution < 1.29 is 26.3 Å². The fourth-order valence-corrected chi connectivity index (χ4v) is 14.3. The molecule has 113 heavy (non-hydrogen) atoms. The van der Waals surface area contributed by atoms with Gasteiger partial charge in [0.15, 0.2) is 17.5 Å². The first-order valence-corrected chi connectivity index (χ1v) is 40.0. The second-order valence-corrected chi connectivity index (χ2v) is 37.2. The number of halogens is 9. The standard InChI is InChI=1S/2C20H26.3C16H16ClF.C16H15F3/c1-14(2)16-11-12-17(15(3)13-16)18-9-7-8-10-19(18)20(4,5)6;1-14(2)16-12-11-15(3)18(13-16)17-9-7-8-10-19(17)20(4,5)6;1-16(2,3)15-7-5-4-6-14(15)11-8-12(17)10-13(18)9-11;1-16(2,3)14-7-5-4-6-12(14)13-10-11(17)8-9-15(13)18;1-16(2,3)13-7-5-4-6-12(13)11-8-9-15(18)14(17)10-11;1-16(2,3)12-7-5-4-6-11(12)10-8-13(17)15(19)14(18)9-10/h2*7-14H,1-6H3;3*4-10H,1-3H3;4-9H,1-3H3. The van der Waals surface area contributed by atoms with Crippen LogP contribution in [-0.2, 0) is 32.5 Å². The molecule has 9 heteroatoms. The van der Waals surface area contributed by atoms with Crippen molar-refractivity contribution in [2.24, 2.45) is 0 Å². The molecule has 0 saturated carbocycles. The highest BCUT2D eigenvalue weighted by atomic mass is 35.5. The molecule has 594 valence electrons. The second-order valence-electron chi connectivity index (χ2n) is 35.9. The fraction of sp³-hybridized carbons (Fsp3) is 0.308. The van der Waals surface area contributed by atoms with Crippen molar-refractivity contribution in [3.63, 3.8) is 0 Å². The summed E-state index contributed by atoms with van der Waals surface area (Å²) >= 11 is 17.7. The summed E-state index contributed by atoms with van der Waals surface area (Å²) in [5, 5.41) is 1.14. The third-order valence-corrected chi connectivity index (χ3v) is 20.5. The van der Waals surface area contributed by atoms with Crippen LogP contribution in [0.5, 0.6) is 0 Å². The highest BCUT2D eigenvalue weighted by Gasteiger charge is 2.26. The Morgan fingerprint density at radius 3 is 0.956 bits per heavy atom. The molecular formula is C104H115Cl3F6. The zero-order valence-corrected chi connectivity index (χ0v) is 73.0. The maximum absolute atomic E-state index is 14.0. The molecule has 0 fully saturated rings. The molecule has 0 heterocycles. The van der Waals surface area contributed by atoms with E-state index >= 15 is 0 Å². The number of hydrogen-bond acceptors (Lipinski definition) is 0. The Morgan fingerprint density at radius 1 is 0.239 bits per heavy atom. The zero-order chi connectivity index (χ0) is 84.0. The topological polar surface area (TPSA) is 0 Å². The van der Waals surface area contributed by atoms with Crippen molar-refractivity contribution in [3.05, 3.63) is 354 Å². The van der Waals surface area contributed by atoms with Gasteiger partial charge >= 0.3 is 0 Å². The fourth-order valence-electron chi connectivity index (χ4n) is 13.7. The number of benzene rings is 12. The molecule has 0 aliphatic heterocycles. The lowest BCUT2D eigenvalue weighted by Crippen LogP contribution is -2.12. The molecule has 0 N–H and O–H groups in total. The predicted octanol–water partition coefficient (Wildman–Crippen LogP) is 33.6. The molecule has 0 unspecified atom stereocenters. The second kappa shape index (κ2) is 38.5. The van der Waals surface area contributed by atoms with Gasteiger partial charge in [0.2, 0.25) is 0 Å². The van der Waals surface area contributed by atoms with Gasteiger partial charge in [-0.3, -0.25) is 0 Å². The third-order valence-electron chi connectivity index (χ3n) is 19.8. The van der Waals surface area contributed by atoms with Gasteiger partial charge in [0.25, 0.3) is 0 Å². The Hall–Kier alpha value is -8.91. The largest absolute Gasteiger partial charge is 0.207 e. The van der Waals surface area contributed by atoms with Crippen molar-refractivity contribution in [2.75, 3.05) is 0 Å².